The molecule has 2 amide bonds. The van der Waals surface area contributed by atoms with E-state index >= 15 is 0 Å². The van der Waals surface area contributed by atoms with Gasteiger partial charge in [-0.1, -0.05) is 54.6 Å². The number of amides is 2. The average molecular weight is 434 g/mol. The Kier molecular flexibility index (Phi) is 7.70. The van der Waals surface area contributed by atoms with Crippen LogP contribution in [0, 0.1) is 5.82 Å². The van der Waals surface area contributed by atoms with Crippen LogP contribution in [0.1, 0.15) is 28.8 Å². The number of carboxylic acids is 1. The summed E-state index contributed by atoms with van der Waals surface area (Å²) in [4.78, 5) is 36.3. The van der Waals surface area contributed by atoms with Crippen LogP contribution < -0.4 is 10.6 Å². The molecule has 0 aromatic heterocycles. The van der Waals surface area contributed by atoms with E-state index in [1.54, 1.807) is 30.3 Å². The maximum Gasteiger partial charge on any atom is 0.303 e. The van der Waals surface area contributed by atoms with Crippen molar-refractivity contribution in [2.75, 3.05) is 0 Å². The Bertz CT molecular complexity index is 1080. The molecule has 0 radical (unpaired) electrons. The Morgan fingerprint density at radius 3 is 2.22 bits per heavy atom. The molecule has 7 heteroatoms. The summed E-state index contributed by atoms with van der Waals surface area (Å²) < 4.78 is 13.3. The van der Waals surface area contributed by atoms with Crippen LogP contribution in [0.4, 0.5) is 4.39 Å². The number of benzene rings is 3. The maximum atomic E-state index is 13.3. The smallest absolute Gasteiger partial charge is 0.303 e. The highest BCUT2D eigenvalue weighted by Crippen LogP contribution is 2.19. The zero-order valence-corrected chi connectivity index (χ0v) is 17.3. The molecule has 0 saturated heterocycles. The summed E-state index contributed by atoms with van der Waals surface area (Å²) in [5, 5.41) is 14.2. The predicted molar refractivity (Wildman–Crippen MR) is 118 cm³/mol. The van der Waals surface area contributed by atoms with E-state index in [1.807, 2.05) is 30.3 Å². The van der Waals surface area contributed by atoms with Crippen LogP contribution in [0.3, 0.4) is 0 Å². The van der Waals surface area contributed by atoms with Gasteiger partial charge in [0, 0.05) is 18.5 Å². The van der Waals surface area contributed by atoms with E-state index in [0.29, 0.717) is 11.1 Å². The van der Waals surface area contributed by atoms with E-state index in [-0.39, 0.29) is 19.4 Å². The zero-order chi connectivity index (χ0) is 22.9. The lowest BCUT2D eigenvalue weighted by molar-refractivity contribution is -0.137. The molecule has 0 heterocycles. The minimum Gasteiger partial charge on any atom is -0.481 e. The second-order valence-electron chi connectivity index (χ2n) is 7.25. The van der Waals surface area contributed by atoms with Gasteiger partial charge in [0.25, 0.3) is 5.91 Å². The molecule has 3 rings (SSSR count). The number of carboxylic acid groups (broad SMARTS) is 1. The highest BCUT2D eigenvalue weighted by Gasteiger charge is 2.22. The summed E-state index contributed by atoms with van der Waals surface area (Å²) in [6.07, 6.45) is -0.358. The van der Waals surface area contributed by atoms with Gasteiger partial charge < -0.3 is 15.7 Å². The van der Waals surface area contributed by atoms with Crippen molar-refractivity contribution in [1.82, 2.24) is 10.6 Å². The van der Waals surface area contributed by atoms with Crippen LogP contribution in [0.15, 0.2) is 78.9 Å². The van der Waals surface area contributed by atoms with Gasteiger partial charge >= 0.3 is 5.97 Å². The average Bonchev–Trinajstić information content (AvgIpc) is 2.80. The summed E-state index contributed by atoms with van der Waals surface area (Å²) in [6.45, 7) is 0.0573. The molecule has 3 N–H and O–H groups in total. The van der Waals surface area contributed by atoms with Crippen molar-refractivity contribution in [2.24, 2.45) is 0 Å². The summed E-state index contributed by atoms with van der Waals surface area (Å²) in [7, 11) is 0. The first kappa shape index (κ1) is 22.7. The molecule has 32 heavy (non-hydrogen) atoms. The standard InChI is InChI=1S/C25H23FN2O4/c26-21-8-4-5-17(15-21)16-27-25(32)22(13-14-23(29)30)28-24(31)20-11-9-19(10-12-20)18-6-2-1-3-7-18/h1-12,15,22H,13-14,16H2,(H,27,32)(H,28,31)(H,29,30)/t22-/m0/s1. The number of hydrogen-bond acceptors (Lipinski definition) is 3. The third-order valence-electron chi connectivity index (χ3n) is 4.88. The van der Waals surface area contributed by atoms with Crippen LogP contribution in [0.2, 0.25) is 0 Å². The lowest BCUT2D eigenvalue weighted by Gasteiger charge is -2.18. The first-order valence-electron chi connectivity index (χ1n) is 10.1. The van der Waals surface area contributed by atoms with Gasteiger partial charge in [-0.25, -0.2) is 4.39 Å². The van der Waals surface area contributed by atoms with E-state index < -0.39 is 29.6 Å². The Labute approximate surface area is 185 Å². The number of carbonyl (C=O) groups excluding carboxylic acids is 2. The maximum absolute atomic E-state index is 13.3. The third-order valence-corrected chi connectivity index (χ3v) is 4.88. The lowest BCUT2D eigenvalue weighted by Crippen LogP contribution is -2.46. The predicted octanol–water partition coefficient (Wildman–Crippen LogP) is 3.77. The first-order chi connectivity index (χ1) is 15.4. The van der Waals surface area contributed by atoms with Crippen LogP contribution in [-0.4, -0.2) is 28.9 Å². The molecule has 0 aliphatic rings. The highest BCUT2D eigenvalue weighted by molar-refractivity contribution is 5.98. The fourth-order valence-electron chi connectivity index (χ4n) is 3.18. The molecule has 1 atom stereocenters. The van der Waals surface area contributed by atoms with Crippen molar-refractivity contribution in [3.8, 4) is 11.1 Å². The fourth-order valence-corrected chi connectivity index (χ4v) is 3.18. The molecule has 0 fully saturated rings. The minimum absolute atomic E-state index is 0.0573. The van der Waals surface area contributed by atoms with E-state index in [0.717, 1.165) is 11.1 Å². The van der Waals surface area contributed by atoms with Crippen molar-refractivity contribution in [3.05, 3.63) is 95.8 Å². The topological polar surface area (TPSA) is 95.5 Å². The molecule has 0 bridgehead atoms. The van der Waals surface area contributed by atoms with Crippen molar-refractivity contribution >= 4 is 17.8 Å². The molecule has 6 nitrogen and oxygen atoms in total. The highest BCUT2D eigenvalue weighted by atomic mass is 19.1. The molecular weight excluding hydrogens is 411 g/mol. The van der Waals surface area contributed by atoms with Gasteiger partial charge in [0.1, 0.15) is 11.9 Å². The molecule has 0 aliphatic heterocycles. The molecular formula is C25H23FN2O4. The monoisotopic (exact) mass is 434 g/mol. The largest absolute Gasteiger partial charge is 0.481 e. The zero-order valence-electron chi connectivity index (χ0n) is 17.3. The van der Waals surface area contributed by atoms with Crippen LogP contribution in [-0.2, 0) is 16.1 Å². The Morgan fingerprint density at radius 1 is 0.875 bits per heavy atom. The Balaban J connectivity index is 1.66. The Hall–Kier alpha value is -4.00. The van der Waals surface area contributed by atoms with E-state index in [4.69, 9.17) is 5.11 Å². The van der Waals surface area contributed by atoms with Crippen LogP contribution in [0.25, 0.3) is 11.1 Å². The van der Waals surface area contributed by atoms with Crippen molar-refractivity contribution in [3.63, 3.8) is 0 Å². The number of aliphatic carboxylic acids is 1. The van der Waals surface area contributed by atoms with Gasteiger partial charge in [-0.15, -0.1) is 0 Å². The second kappa shape index (κ2) is 10.9. The normalized spacial score (nSPS) is 11.4. The summed E-state index contributed by atoms with van der Waals surface area (Å²) >= 11 is 0. The summed E-state index contributed by atoms with van der Waals surface area (Å²) in [6, 6.07) is 21.3. The van der Waals surface area contributed by atoms with E-state index in [9.17, 15) is 18.8 Å². The molecule has 0 aliphatic carbocycles. The van der Waals surface area contributed by atoms with Gasteiger partial charge in [0.15, 0.2) is 0 Å². The summed E-state index contributed by atoms with van der Waals surface area (Å²) in [5.41, 5.74) is 2.86. The SMILES string of the molecule is O=C(O)CC[C@H](NC(=O)c1ccc(-c2ccccc2)cc1)C(=O)NCc1cccc(F)c1. The molecule has 0 spiro atoms. The van der Waals surface area contributed by atoms with Crippen molar-refractivity contribution in [2.45, 2.75) is 25.4 Å². The minimum atomic E-state index is -1.07. The molecule has 3 aromatic rings. The number of carbonyl (C=O) groups is 3. The van der Waals surface area contributed by atoms with Crippen molar-refractivity contribution < 1.29 is 23.9 Å². The lowest BCUT2D eigenvalue weighted by atomic mass is 10.0. The van der Waals surface area contributed by atoms with E-state index in [2.05, 4.69) is 10.6 Å². The number of nitrogens with one attached hydrogen (secondary N) is 2. The number of halogens is 1. The second-order valence-corrected chi connectivity index (χ2v) is 7.25. The van der Waals surface area contributed by atoms with Crippen molar-refractivity contribution in [1.29, 1.82) is 0 Å². The molecule has 0 unspecified atom stereocenters. The number of hydrogen-bond donors (Lipinski definition) is 3. The molecule has 0 saturated carbocycles. The van der Waals surface area contributed by atoms with Gasteiger partial charge in [0.05, 0.1) is 0 Å². The van der Waals surface area contributed by atoms with Crippen LogP contribution >= 0.6 is 0 Å². The fraction of sp³-hybridized carbons (Fsp3) is 0.160. The first-order valence-corrected chi connectivity index (χ1v) is 10.1. The number of rotatable bonds is 9. The van der Waals surface area contributed by atoms with Gasteiger partial charge in [0.2, 0.25) is 5.91 Å². The van der Waals surface area contributed by atoms with Gasteiger partial charge in [-0.2, -0.15) is 0 Å². The summed E-state index contributed by atoms with van der Waals surface area (Å²) in [5.74, 6) is -2.52. The Morgan fingerprint density at radius 2 is 1.56 bits per heavy atom. The van der Waals surface area contributed by atoms with E-state index in [1.165, 1.54) is 18.2 Å². The molecule has 164 valence electrons. The van der Waals surface area contributed by atoms with Gasteiger partial charge in [-0.05, 0) is 47.4 Å². The molecule has 3 aromatic carbocycles. The van der Waals surface area contributed by atoms with Crippen LogP contribution in [0.5, 0.6) is 0 Å². The quantitative estimate of drug-likeness (QED) is 0.478. The van der Waals surface area contributed by atoms with Gasteiger partial charge in [-0.3, -0.25) is 14.4 Å². The third kappa shape index (κ3) is 6.50.